The van der Waals surface area contributed by atoms with Crippen LogP contribution in [-0.4, -0.2) is 33.2 Å². The Bertz CT molecular complexity index is 1480. The molecule has 0 atom stereocenters. The number of hydrogen-bond acceptors (Lipinski definition) is 5. The molecule has 0 spiro atoms. The van der Waals surface area contributed by atoms with Crippen LogP contribution in [0.15, 0.2) is 108 Å². The first-order valence-corrected chi connectivity index (χ1v) is 15.3. The van der Waals surface area contributed by atoms with Crippen molar-refractivity contribution in [3.63, 3.8) is 0 Å². The number of nitrogens with one attached hydrogen (secondary N) is 1. The van der Waals surface area contributed by atoms with E-state index in [4.69, 9.17) is 16.3 Å². The maximum atomic E-state index is 13.6. The molecular formula is C30H29ClN2O4S2. The van der Waals surface area contributed by atoms with Crippen molar-refractivity contribution in [3.05, 3.63) is 119 Å². The van der Waals surface area contributed by atoms with Crippen LogP contribution in [0.5, 0.6) is 11.5 Å². The molecule has 0 aliphatic heterocycles. The zero-order chi connectivity index (χ0) is 27.7. The third kappa shape index (κ3) is 8.02. The summed E-state index contributed by atoms with van der Waals surface area (Å²) in [7, 11) is -4.00. The summed E-state index contributed by atoms with van der Waals surface area (Å²) in [5, 5.41) is 3.55. The minimum absolute atomic E-state index is 0.112. The van der Waals surface area contributed by atoms with Crippen LogP contribution in [0.1, 0.15) is 11.1 Å². The van der Waals surface area contributed by atoms with Gasteiger partial charge < -0.3 is 10.1 Å². The number of ether oxygens (including phenoxy) is 1. The number of thioether (sulfide) groups is 1. The van der Waals surface area contributed by atoms with Gasteiger partial charge in [-0.15, -0.1) is 0 Å². The standard InChI is InChI=1S/C30H29ClN2O4S2/c1-23-11-17-28(18-12-23)39(35,36)33(25-13-15-27(16-14-25)37-26-8-3-2-4-9-26)21-30(34)32-19-20-38-22-24-7-5-6-10-29(24)31/h2-18H,19-22H2,1H3,(H,32,34). The highest BCUT2D eigenvalue weighted by Crippen LogP contribution is 2.28. The van der Waals surface area contributed by atoms with Gasteiger partial charge in [0, 0.05) is 23.1 Å². The molecule has 4 aromatic rings. The molecule has 0 saturated carbocycles. The molecule has 0 aromatic heterocycles. The van der Waals surface area contributed by atoms with E-state index in [-0.39, 0.29) is 11.4 Å². The second kappa shape index (κ2) is 13.6. The summed E-state index contributed by atoms with van der Waals surface area (Å²) in [6.45, 7) is 1.93. The number of para-hydroxylation sites is 1. The van der Waals surface area contributed by atoms with Gasteiger partial charge in [-0.3, -0.25) is 9.10 Å². The fraction of sp³-hybridized carbons (Fsp3) is 0.167. The lowest BCUT2D eigenvalue weighted by Gasteiger charge is -2.24. The van der Waals surface area contributed by atoms with E-state index < -0.39 is 15.9 Å². The molecule has 1 amide bonds. The smallest absolute Gasteiger partial charge is 0.264 e. The molecule has 0 aliphatic rings. The van der Waals surface area contributed by atoms with Crippen molar-refractivity contribution in [1.29, 1.82) is 0 Å². The molecule has 4 rings (SSSR count). The summed E-state index contributed by atoms with van der Waals surface area (Å²) in [5.41, 5.74) is 2.33. The topological polar surface area (TPSA) is 75.7 Å². The van der Waals surface area contributed by atoms with E-state index in [0.717, 1.165) is 21.2 Å². The number of nitrogens with zero attached hydrogens (tertiary/aromatic N) is 1. The fourth-order valence-corrected chi connectivity index (χ4v) is 6.27. The fourth-order valence-electron chi connectivity index (χ4n) is 3.70. The van der Waals surface area contributed by atoms with E-state index >= 15 is 0 Å². The highest BCUT2D eigenvalue weighted by Gasteiger charge is 2.27. The van der Waals surface area contributed by atoms with Crippen molar-refractivity contribution in [2.75, 3.05) is 23.1 Å². The predicted octanol–water partition coefficient (Wildman–Crippen LogP) is 6.69. The van der Waals surface area contributed by atoms with Crippen LogP contribution < -0.4 is 14.4 Å². The van der Waals surface area contributed by atoms with E-state index in [1.165, 1.54) is 0 Å². The number of carbonyl (C=O) groups excluding carboxylic acids is 1. The van der Waals surface area contributed by atoms with Crippen LogP contribution in [0.4, 0.5) is 5.69 Å². The van der Waals surface area contributed by atoms with Gasteiger partial charge in [-0.1, -0.05) is 65.7 Å². The van der Waals surface area contributed by atoms with Gasteiger partial charge in [-0.05, 0) is 67.1 Å². The number of rotatable bonds is 12. The van der Waals surface area contributed by atoms with Crippen molar-refractivity contribution in [3.8, 4) is 11.5 Å². The number of sulfonamides is 1. The normalized spacial score (nSPS) is 11.1. The van der Waals surface area contributed by atoms with E-state index in [9.17, 15) is 13.2 Å². The van der Waals surface area contributed by atoms with Crippen molar-refractivity contribution in [1.82, 2.24) is 5.32 Å². The largest absolute Gasteiger partial charge is 0.457 e. The molecule has 4 aromatic carbocycles. The summed E-state index contributed by atoms with van der Waals surface area (Å²) in [6, 6.07) is 30.1. The number of halogens is 1. The summed E-state index contributed by atoms with van der Waals surface area (Å²) in [5.74, 6) is 2.21. The summed E-state index contributed by atoms with van der Waals surface area (Å²) < 4.78 is 34.2. The molecule has 1 N–H and O–H groups in total. The highest BCUT2D eigenvalue weighted by atomic mass is 35.5. The molecule has 0 unspecified atom stereocenters. The number of aryl methyl sites for hydroxylation is 1. The van der Waals surface area contributed by atoms with Crippen LogP contribution in [0, 0.1) is 6.92 Å². The second-order valence-electron chi connectivity index (χ2n) is 8.73. The summed E-state index contributed by atoms with van der Waals surface area (Å²) in [4.78, 5) is 13.0. The van der Waals surface area contributed by atoms with Crippen LogP contribution in [0.3, 0.4) is 0 Å². The van der Waals surface area contributed by atoms with Gasteiger partial charge in [0.1, 0.15) is 18.0 Å². The molecule has 9 heteroatoms. The third-order valence-electron chi connectivity index (χ3n) is 5.78. The zero-order valence-electron chi connectivity index (χ0n) is 21.4. The van der Waals surface area contributed by atoms with Gasteiger partial charge in [0.05, 0.1) is 10.6 Å². The monoisotopic (exact) mass is 580 g/mol. The summed E-state index contributed by atoms with van der Waals surface area (Å²) in [6.07, 6.45) is 0. The average molecular weight is 581 g/mol. The van der Waals surface area contributed by atoms with E-state index in [0.29, 0.717) is 34.5 Å². The Morgan fingerprint density at radius 1 is 0.872 bits per heavy atom. The molecule has 0 aliphatic carbocycles. The zero-order valence-corrected chi connectivity index (χ0v) is 23.8. The average Bonchev–Trinajstić information content (AvgIpc) is 2.94. The van der Waals surface area contributed by atoms with Crippen LogP contribution in [-0.2, 0) is 20.6 Å². The Hall–Kier alpha value is -3.46. The Balaban J connectivity index is 1.44. The van der Waals surface area contributed by atoms with Crippen molar-refractivity contribution in [2.24, 2.45) is 0 Å². The predicted molar refractivity (Wildman–Crippen MR) is 159 cm³/mol. The first kappa shape index (κ1) is 28.5. The maximum absolute atomic E-state index is 13.6. The minimum Gasteiger partial charge on any atom is -0.457 e. The van der Waals surface area contributed by atoms with Gasteiger partial charge in [0.15, 0.2) is 0 Å². The lowest BCUT2D eigenvalue weighted by Crippen LogP contribution is -2.41. The van der Waals surface area contributed by atoms with Crippen molar-refractivity contribution in [2.45, 2.75) is 17.6 Å². The molecular weight excluding hydrogens is 552 g/mol. The molecule has 0 heterocycles. The Morgan fingerprint density at radius 2 is 1.51 bits per heavy atom. The molecule has 0 fully saturated rings. The number of anilines is 1. The Kier molecular flexibility index (Phi) is 9.92. The molecule has 0 radical (unpaired) electrons. The lowest BCUT2D eigenvalue weighted by atomic mass is 10.2. The third-order valence-corrected chi connectivity index (χ3v) is 8.95. The first-order valence-electron chi connectivity index (χ1n) is 12.3. The number of benzene rings is 4. The van der Waals surface area contributed by atoms with Gasteiger partial charge in [0.2, 0.25) is 5.91 Å². The highest BCUT2D eigenvalue weighted by molar-refractivity contribution is 7.98. The van der Waals surface area contributed by atoms with E-state index in [2.05, 4.69) is 5.32 Å². The number of amides is 1. The van der Waals surface area contributed by atoms with Gasteiger partial charge in [0.25, 0.3) is 10.0 Å². The maximum Gasteiger partial charge on any atom is 0.264 e. The van der Waals surface area contributed by atoms with Crippen LogP contribution in [0.2, 0.25) is 5.02 Å². The molecule has 0 bridgehead atoms. The molecule has 6 nitrogen and oxygen atoms in total. The first-order chi connectivity index (χ1) is 18.8. The van der Waals surface area contributed by atoms with E-state index in [1.54, 1.807) is 60.3 Å². The van der Waals surface area contributed by atoms with Gasteiger partial charge in [-0.2, -0.15) is 11.8 Å². The van der Waals surface area contributed by atoms with Crippen molar-refractivity contribution >= 4 is 45.0 Å². The Morgan fingerprint density at radius 3 is 2.21 bits per heavy atom. The van der Waals surface area contributed by atoms with Crippen LogP contribution in [0.25, 0.3) is 0 Å². The van der Waals surface area contributed by atoms with Gasteiger partial charge >= 0.3 is 0 Å². The minimum atomic E-state index is -4.00. The van der Waals surface area contributed by atoms with Crippen LogP contribution >= 0.6 is 23.4 Å². The van der Waals surface area contributed by atoms with E-state index in [1.807, 2.05) is 61.5 Å². The molecule has 202 valence electrons. The number of hydrogen-bond donors (Lipinski definition) is 1. The molecule has 0 saturated heterocycles. The molecule has 39 heavy (non-hydrogen) atoms. The van der Waals surface area contributed by atoms with Gasteiger partial charge in [-0.25, -0.2) is 8.42 Å². The number of carbonyl (C=O) groups is 1. The SMILES string of the molecule is Cc1ccc(S(=O)(=O)N(CC(=O)NCCSCc2ccccc2Cl)c2ccc(Oc3ccccc3)cc2)cc1. The van der Waals surface area contributed by atoms with Crippen molar-refractivity contribution < 1.29 is 17.9 Å². The Labute approximate surface area is 239 Å². The summed E-state index contributed by atoms with van der Waals surface area (Å²) >= 11 is 7.84. The quantitative estimate of drug-likeness (QED) is 0.189. The second-order valence-corrected chi connectivity index (χ2v) is 12.1. The lowest BCUT2D eigenvalue weighted by molar-refractivity contribution is -0.119.